The average molecular weight is 193 g/mol. The Bertz CT molecular complexity index is 268. The predicted molar refractivity (Wildman–Crippen MR) is 57.1 cm³/mol. The van der Waals surface area contributed by atoms with Crippen LogP contribution in [0.15, 0.2) is 22.8 Å². The van der Waals surface area contributed by atoms with Crippen molar-refractivity contribution in [3.63, 3.8) is 0 Å². The summed E-state index contributed by atoms with van der Waals surface area (Å²) in [5.41, 5.74) is 0. The van der Waals surface area contributed by atoms with E-state index in [0.29, 0.717) is 12.1 Å². The molecule has 2 unspecified atom stereocenters. The predicted octanol–water partition coefficient (Wildman–Crippen LogP) is 3.12. The molecule has 3 atom stereocenters. The summed E-state index contributed by atoms with van der Waals surface area (Å²) in [7, 11) is 0. The molecule has 1 aliphatic carbocycles. The fraction of sp³-hybridized carbons (Fsp3) is 0.667. The van der Waals surface area contributed by atoms with Gasteiger partial charge in [-0.25, -0.2) is 0 Å². The van der Waals surface area contributed by atoms with Gasteiger partial charge in [0.05, 0.1) is 12.3 Å². The summed E-state index contributed by atoms with van der Waals surface area (Å²) in [6, 6.07) is 5.02. The van der Waals surface area contributed by atoms with Gasteiger partial charge in [0.1, 0.15) is 5.76 Å². The van der Waals surface area contributed by atoms with Crippen molar-refractivity contribution < 1.29 is 4.42 Å². The molecule has 0 aromatic carbocycles. The van der Waals surface area contributed by atoms with Crippen molar-refractivity contribution >= 4 is 0 Å². The van der Waals surface area contributed by atoms with E-state index in [0.717, 1.165) is 11.7 Å². The Kier molecular flexibility index (Phi) is 2.92. The van der Waals surface area contributed by atoms with E-state index in [1.165, 1.54) is 19.3 Å². The number of hydrogen-bond donors (Lipinski definition) is 1. The fourth-order valence-electron chi connectivity index (χ4n) is 2.33. The maximum absolute atomic E-state index is 5.37. The van der Waals surface area contributed by atoms with Gasteiger partial charge in [0.15, 0.2) is 0 Å². The quantitative estimate of drug-likeness (QED) is 0.798. The second-order valence-corrected chi connectivity index (χ2v) is 4.52. The van der Waals surface area contributed by atoms with Crippen molar-refractivity contribution in [3.05, 3.63) is 24.2 Å². The van der Waals surface area contributed by atoms with Crippen LogP contribution < -0.4 is 5.32 Å². The normalized spacial score (nSPS) is 29.3. The highest BCUT2D eigenvalue weighted by Crippen LogP contribution is 2.26. The lowest BCUT2D eigenvalue weighted by Crippen LogP contribution is -2.29. The zero-order valence-electron chi connectivity index (χ0n) is 8.99. The van der Waals surface area contributed by atoms with Crippen molar-refractivity contribution in [3.8, 4) is 0 Å². The van der Waals surface area contributed by atoms with Crippen LogP contribution in [0, 0.1) is 5.92 Å². The fourth-order valence-corrected chi connectivity index (χ4v) is 2.33. The molecule has 0 bridgehead atoms. The zero-order chi connectivity index (χ0) is 9.97. The largest absolute Gasteiger partial charge is 0.468 e. The Hall–Kier alpha value is -0.760. The van der Waals surface area contributed by atoms with Crippen molar-refractivity contribution in [2.45, 2.75) is 45.2 Å². The lowest BCUT2D eigenvalue weighted by Gasteiger charge is -2.17. The Balaban J connectivity index is 1.86. The van der Waals surface area contributed by atoms with Crippen LogP contribution in [0.3, 0.4) is 0 Å². The van der Waals surface area contributed by atoms with Crippen molar-refractivity contribution in [1.82, 2.24) is 5.32 Å². The Morgan fingerprint density at radius 1 is 1.50 bits per heavy atom. The van der Waals surface area contributed by atoms with E-state index < -0.39 is 0 Å². The van der Waals surface area contributed by atoms with Crippen LogP contribution >= 0.6 is 0 Å². The second kappa shape index (κ2) is 4.18. The van der Waals surface area contributed by atoms with Gasteiger partial charge in [0.2, 0.25) is 0 Å². The Morgan fingerprint density at radius 3 is 2.93 bits per heavy atom. The maximum Gasteiger partial charge on any atom is 0.120 e. The lowest BCUT2D eigenvalue weighted by molar-refractivity contribution is 0.385. The molecule has 0 radical (unpaired) electrons. The maximum atomic E-state index is 5.37. The molecule has 1 aromatic rings. The molecule has 1 saturated carbocycles. The first-order valence-electron chi connectivity index (χ1n) is 5.55. The van der Waals surface area contributed by atoms with Crippen LogP contribution in [0.2, 0.25) is 0 Å². The summed E-state index contributed by atoms with van der Waals surface area (Å²) in [4.78, 5) is 0. The molecule has 0 saturated heterocycles. The minimum Gasteiger partial charge on any atom is -0.468 e. The van der Waals surface area contributed by atoms with E-state index >= 15 is 0 Å². The lowest BCUT2D eigenvalue weighted by atomic mass is 10.1. The molecule has 1 N–H and O–H groups in total. The summed E-state index contributed by atoms with van der Waals surface area (Å²) in [6.07, 6.45) is 5.73. The highest BCUT2D eigenvalue weighted by atomic mass is 16.3. The molecule has 14 heavy (non-hydrogen) atoms. The summed E-state index contributed by atoms with van der Waals surface area (Å²) in [6.45, 7) is 4.50. The smallest absolute Gasteiger partial charge is 0.120 e. The van der Waals surface area contributed by atoms with Gasteiger partial charge in [-0.2, -0.15) is 0 Å². The molecule has 1 fully saturated rings. The average Bonchev–Trinajstić information content (AvgIpc) is 2.75. The first kappa shape index (κ1) is 9.78. The van der Waals surface area contributed by atoms with Gasteiger partial charge in [0, 0.05) is 6.04 Å². The number of nitrogens with one attached hydrogen (secondary N) is 1. The standard InChI is InChI=1S/C12H19NO/c1-9-5-6-11(8-9)13-10(2)12-4-3-7-14-12/h3-4,7,9-11,13H,5-6,8H2,1-2H3/t9?,10-,11?/m1/s1. The van der Waals surface area contributed by atoms with Gasteiger partial charge in [-0.3, -0.25) is 0 Å². The molecule has 2 nitrogen and oxygen atoms in total. The highest BCUT2D eigenvalue weighted by Gasteiger charge is 2.23. The van der Waals surface area contributed by atoms with Gasteiger partial charge in [-0.15, -0.1) is 0 Å². The topological polar surface area (TPSA) is 25.2 Å². The molecule has 1 aromatic heterocycles. The molecule has 0 aliphatic heterocycles. The molecule has 0 amide bonds. The van der Waals surface area contributed by atoms with Gasteiger partial charge in [-0.05, 0) is 44.2 Å². The number of rotatable bonds is 3. The Labute approximate surface area is 85.7 Å². The van der Waals surface area contributed by atoms with Crippen LogP contribution in [0.4, 0.5) is 0 Å². The summed E-state index contributed by atoms with van der Waals surface area (Å²) in [5.74, 6) is 1.93. The second-order valence-electron chi connectivity index (χ2n) is 4.52. The van der Waals surface area contributed by atoms with Crippen LogP contribution in [0.5, 0.6) is 0 Å². The van der Waals surface area contributed by atoms with Crippen LogP contribution in [-0.4, -0.2) is 6.04 Å². The SMILES string of the molecule is CC1CCC(N[C@H](C)c2ccco2)C1. The highest BCUT2D eigenvalue weighted by molar-refractivity contribution is 5.03. The van der Waals surface area contributed by atoms with Crippen molar-refractivity contribution in [2.24, 2.45) is 5.92 Å². The monoisotopic (exact) mass is 193 g/mol. The van der Waals surface area contributed by atoms with E-state index in [9.17, 15) is 0 Å². The first-order valence-corrected chi connectivity index (χ1v) is 5.55. The molecule has 1 aliphatic rings. The molecule has 1 heterocycles. The van der Waals surface area contributed by atoms with Gasteiger partial charge in [-0.1, -0.05) is 6.92 Å². The van der Waals surface area contributed by atoms with E-state index in [-0.39, 0.29) is 0 Å². The summed E-state index contributed by atoms with van der Waals surface area (Å²) in [5, 5.41) is 3.62. The van der Waals surface area contributed by atoms with Gasteiger partial charge >= 0.3 is 0 Å². The molecule has 2 heteroatoms. The molecular weight excluding hydrogens is 174 g/mol. The number of furan rings is 1. The molecule has 78 valence electrons. The zero-order valence-corrected chi connectivity index (χ0v) is 8.99. The third-order valence-corrected chi connectivity index (χ3v) is 3.15. The summed E-state index contributed by atoms with van der Waals surface area (Å²) >= 11 is 0. The Morgan fingerprint density at radius 2 is 2.36 bits per heavy atom. The third kappa shape index (κ3) is 2.18. The van der Waals surface area contributed by atoms with E-state index in [2.05, 4.69) is 19.2 Å². The summed E-state index contributed by atoms with van der Waals surface area (Å²) < 4.78 is 5.37. The molecule has 2 rings (SSSR count). The van der Waals surface area contributed by atoms with Gasteiger partial charge in [0.25, 0.3) is 0 Å². The van der Waals surface area contributed by atoms with Crippen LogP contribution in [-0.2, 0) is 0 Å². The van der Waals surface area contributed by atoms with E-state index in [1.807, 2.05) is 12.1 Å². The number of hydrogen-bond acceptors (Lipinski definition) is 2. The van der Waals surface area contributed by atoms with E-state index in [4.69, 9.17) is 4.42 Å². The van der Waals surface area contributed by atoms with E-state index in [1.54, 1.807) is 6.26 Å². The molecular formula is C12H19NO. The minimum atomic E-state index is 0.347. The van der Waals surface area contributed by atoms with Gasteiger partial charge < -0.3 is 9.73 Å². The van der Waals surface area contributed by atoms with Crippen molar-refractivity contribution in [1.29, 1.82) is 0 Å². The molecule has 0 spiro atoms. The van der Waals surface area contributed by atoms with Crippen LogP contribution in [0.1, 0.15) is 44.9 Å². The van der Waals surface area contributed by atoms with Crippen molar-refractivity contribution in [2.75, 3.05) is 0 Å². The first-order chi connectivity index (χ1) is 6.75. The minimum absolute atomic E-state index is 0.347. The van der Waals surface area contributed by atoms with Crippen LogP contribution in [0.25, 0.3) is 0 Å². The third-order valence-electron chi connectivity index (χ3n) is 3.15.